The molecule has 0 unspecified atom stereocenters. The van der Waals surface area contributed by atoms with Gasteiger partial charge in [0.05, 0.1) is 12.3 Å². The van der Waals surface area contributed by atoms with Gasteiger partial charge in [0.1, 0.15) is 5.82 Å². The third-order valence-corrected chi connectivity index (χ3v) is 3.09. The Morgan fingerprint density at radius 1 is 1.43 bits per heavy atom. The minimum absolute atomic E-state index is 0.00392. The number of esters is 1. The molecule has 1 aromatic carbocycles. The van der Waals surface area contributed by atoms with Gasteiger partial charge >= 0.3 is 5.97 Å². The maximum Gasteiger partial charge on any atom is 0.376 e. The Labute approximate surface area is 122 Å². The second kappa shape index (κ2) is 6.08. The predicted octanol–water partition coefficient (Wildman–Crippen LogP) is 4.09. The molecule has 1 heterocycles. The van der Waals surface area contributed by atoms with E-state index in [-0.39, 0.29) is 30.0 Å². The van der Waals surface area contributed by atoms with Crippen molar-refractivity contribution in [1.82, 2.24) is 4.98 Å². The third-order valence-electron chi connectivity index (χ3n) is 3.09. The second-order valence-electron chi connectivity index (χ2n) is 5.07. The Balaban J connectivity index is 2.53. The second-order valence-corrected chi connectivity index (χ2v) is 5.07. The van der Waals surface area contributed by atoms with Crippen LogP contribution in [-0.2, 0) is 4.74 Å². The zero-order chi connectivity index (χ0) is 15.6. The number of nitrogens with zero attached hydrogens (tertiary/aromatic N) is 1. The molecule has 0 saturated carbocycles. The van der Waals surface area contributed by atoms with E-state index >= 15 is 0 Å². The largest absolute Gasteiger partial charge is 0.460 e. The lowest BCUT2D eigenvalue weighted by Gasteiger charge is -2.02. The first kappa shape index (κ1) is 15.2. The molecule has 21 heavy (non-hydrogen) atoms. The summed E-state index contributed by atoms with van der Waals surface area (Å²) in [7, 11) is 0. The van der Waals surface area contributed by atoms with Crippen LogP contribution in [0.3, 0.4) is 0 Å². The number of carbonyl (C=O) groups excluding carboxylic acids is 1. The zero-order valence-corrected chi connectivity index (χ0v) is 12.6. The highest BCUT2D eigenvalue weighted by Crippen LogP contribution is 2.29. The summed E-state index contributed by atoms with van der Waals surface area (Å²) in [5, 5.41) is 0. The maximum atomic E-state index is 13.4. The summed E-state index contributed by atoms with van der Waals surface area (Å²) in [4.78, 5) is 16.3. The molecule has 0 aliphatic rings. The Morgan fingerprint density at radius 2 is 2.14 bits per heavy atom. The van der Waals surface area contributed by atoms with Crippen molar-refractivity contribution in [2.45, 2.75) is 33.6 Å². The van der Waals surface area contributed by atoms with Gasteiger partial charge in [-0.2, -0.15) is 0 Å². The van der Waals surface area contributed by atoms with E-state index in [1.54, 1.807) is 13.0 Å². The monoisotopic (exact) mass is 291 g/mol. The Morgan fingerprint density at radius 3 is 2.76 bits per heavy atom. The summed E-state index contributed by atoms with van der Waals surface area (Å²) in [6, 6.07) is 4.37. The smallest absolute Gasteiger partial charge is 0.376 e. The van der Waals surface area contributed by atoms with Gasteiger partial charge in [0.2, 0.25) is 11.7 Å². The molecular formula is C16H18FNO3. The van der Waals surface area contributed by atoms with E-state index in [2.05, 4.69) is 4.98 Å². The molecule has 0 radical (unpaired) electrons. The molecule has 4 nitrogen and oxygen atoms in total. The van der Waals surface area contributed by atoms with Gasteiger partial charge < -0.3 is 9.15 Å². The predicted molar refractivity (Wildman–Crippen MR) is 76.7 cm³/mol. The number of aryl methyl sites for hydroxylation is 1. The topological polar surface area (TPSA) is 52.3 Å². The quantitative estimate of drug-likeness (QED) is 0.796. The van der Waals surface area contributed by atoms with Crippen molar-refractivity contribution in [2.75, 3.05) is 6.61 Å². The summed E-state index contributed by atoms with van der Waals surface area (Å²) in [5.74, 6) is -0.605. The van der Waals surface area contributed by atoms with Gasteiger partial charge in [-0.3, -0.25) is 0 Å². The molecule has 0 saturated heterocycles. The highest BCUT2D eigenvalue weighted by Gasteiger charge is 2.24. The average Bonchev–Trinajstić information content (AvgIpc) is 2.87. The van der Waals surface area contributed by atoms with Crippen LogP contribution in [0.4, 0.5) is 4.39 Å². The molecule has 2 aromatic rings. The fraction of sp³-hybridized carbons (Fsp3) is 0.375. The van der Waals surface area contributed by atoms with Crippen LogP contribution in [0.15, 0.2) is 22.6 Å². The molecule has 0 atom stereocenters. The maximum absolute atomic E-state index is 13.4. The highest BCUT2D eigenvalue weighted by atomic mass is 19.1. The Bertz CT molecular complexity index is 662. The molecule has 5 heteroatoms. The first-order valence-electron chi connectivity index (χ1n) is 6.88. The molecule has 0 aliphatic heterocycles. The lowest BCUT2D eigenvalue weighted by atomic mass is 10.1. The number of rotatable bonds is 4. The minimum Gasteiger partial charge on any atom is -0.460 e. The SMILES string of the molecule is CCOC(=O)c1oc(-c2cc(F)ccc2C)nc1C(C)C. The van der Waals surface area contributed by atoms with Gasteiger partial charge in [-0.25, -0.2) is 14.2 Å². The van der Waals surface area contributed by atoms with E-state index in [0.29, 0.717) is 11.3 Å². The average molecular weight is 291 g/mol. The van der Waals surface area contributed by atoms with Gasteiger partial charge in [-0.15, -0.1) is 0 Å². The fourth-order valence-corrected chi connectivity index (χ4v) is 2.01. The molecule has 0 fully saturated rings. The third kappa shape index (κ3) is 3.12. The van der Waals surface area contributed by atoms with E-state index in [9.17, 15) is 9.18 Å². The number of halogens is 1. The fourth-order valence-electron chi connectivity index (χ4n) is 2.01. The summed E-state index contributed by atoms with van der Waals surface area (Å²) in [6.45, 7) is 7.62. The summed E-state index contributed by atoms with van der Waals surface area (Å²) < 4.78 is 24.0. The van der Waals surface area contributed by atoms with Crippen LogP contribution >= 0.6 is 0 Å². The summed E-state index contributed by atoms with van der Waals surface area (Å²) in [6.07, 6.45) is 0. The number of oxazole rings is 1. The van der Waals surface area contributed by atoms with E-state index in [1.165, 1.54) is 12.1 Å². The van der Waals surface area contributed by atoms with Crippen LogP contribution in [0.25, 0.3) is 11.5 Å². The minimum atomic E-state index is -0.547. The van der Waals surface area contributed by atoms with Gasteiger partial charge in [0.25, 0.3) is 0 Å². The van der Waals surface area contributed by atoms with Crippen LogP contribution in [0, 0.1) is 12.7 Å². The van der Waals surface area contributed by atoms with Crippen molar-refractivity contribution in [3.05, 3.63) is 41.0 Å². The number of carbonyl (C=O) groups is 1. The number of ether oxygens (including phenoxy) is 1. The van der Waals surface area contributed by atoms with E-state index < -0.39 is 5.97 Å². The first-order valence-corrected chi connectivity index (χ1v) is 6.88. The lowest BCUT2D eigenvalue weighted by Crippen LogP contribution is -2.07. The zero-order valence-electron chi connectivity index (χ0n) is 12.6. The van der Waals surface area contributed by atoms with Gasteiger partial charge in [0.15, 0.2) is 0 Å². The van der Waals surface area contributed by atoms with Gasteiger partial charge in [-0.1, -0.05) is 19.9 Å². The van der Waals surface area contributed by atoms with Crippen LogP contribution in [0.2, 0.25) is 0 Å². The molecule has 2 rings (SSSR count). The Hall–Kier alpha value is -2.17. The summed E-state index contributed by atoms with van der Waals surface area (Å²) in [5.41, 5.74) is 1.88. The molecule has 112 valence electrons. The van der Waals surface area contributed by atoms with E-state index in [4.69, 9.17) is 9.15 Å². The standard InChI is InChI=1S/C16H18FNO3/c1-5-20-16(19)14-13(9(2)3)18-15(21-14)12-8-11(17)7-6-10(12)4/h6-9H,5H2,1-4H3. The first-order chi connectivity index (χ1) is 9.93. The van der Waals surface area contributed by atoms with Crippen molar-refractivity contribution in [2.24, 2.45) is 0 Å². The molecule has 0 spiro atoms. The van der Waals surface area contributed by atoms with Crippen molar-refractivity contribution in [1.29, 1.82) is 0 Å². The van der Waals surface area contributed by atoms with Crippen LogP contribution in [-0.4, -0.2) is 17.6 Å². The van der Waals surface area contributed by atoms with Gasteiger partial charge in [-0.05, 0) is 37.5 Å². The number of hydrogen-bond acceptors (Lipinski definition) is 4. The van der Waals surface area contributed by atoms with Crippen LogP contribution in [0.5, 0.6) is 0 Å². The summed E-state index contributed by atoms with van der Waals surface area (Å²) >= 11 is 0. The van der Waals surface area contributed by atoms with Gasteiger partial charge in [0, 0.05) is 5.56 Å². The van der Waals surface area contributed by atoms with E-state index in [0.717, 1.165) is 5.56 Å². The lowest BCUT2D eigenvalue weighted by molar-refractivity contribution is 0.0488. The molecule has 1 aromatic heterocycles. The number of hydrogen-bond donors (Lipinski definition) is 0. The normalized spacial score (nSPS) is 11.0. The van der Waals surface area contributed by atoms with Crippen LogP contribution < -0.4 is 0 Å². The van der Waals surface area contributed by atoms with Crippen molar-refractivity contribution < 1.29 is 18.3 Å². The molecule has 0 aliphatic carbocycles. The number of aromatic nitrogens is 1. The Kier molecular flexibility index (Phi) is 4.40. The molecule has 0 amide bonds. The highest BCUT2D eigenvalue weighted by molar-refractivity contribution is 5.88. The molecule has 0 N–H and O–H groups in total. The number of benzene rings is 1. The molecular weight excluding hydrogens is 273 g/mol. The van der Waals surface area contributed by atoms with Crippen molar-refractivity contribution in [3.8, 4) is 11.5 Å². The van der Waals surface area contributed by atoms with Crippen molar-refractivity contribution >= 4 is 5.97 Å². The van der Waals surface area contributed by atoms with E-state index in [1.807, 2.05) is 20.8 Å². The molecule has 0 bridgehead atoms. The van der Waals surface area contributed by atoms with Crippen molar-refractivity contribution in [3.63, 3.8) is 0 Å². The van der Waals surface area contributed by atoms with Crippen LogP contribution in [0.1, 0.15) is 48.5 Å².